The van der Waals surface area contributed by atoms with Gasteiger partial charge in [0.25, 0.3) is 5.69 Å². The van der Waals surface area contributed by atoms with Gasteiger partial charge >= 0.3 is 0 Å². The number of anilines is 1. The third-order valence-corrected chi connectivity index (χ3v) is 3.70. The minimum absolute atomic E-state index is 0.0111. The monoisotopic (exact) mass is 284 g/mol. The standard InChI is InChI=1S/C17H20N2O2/c1-4-14-7-5-6-8-16(14)18-13(3)15-10-9-12(2)17(11-15)19(20)21/h5-11,13,18H,4H2,1-3H3. The second-order valence-electron chi connectivity index (χ2n) is 5.18. The zero-order chi connectivity index (χ0) is 15.4. The van der Waals surface area contributed by atoms with Crippen LogP contribution in [0.25, 0.3) is 0 Å². The van der Waals surface area contributed by atoms with E-state index in [1.165, 1.54) is 5.56 Å². The molecule has 21 heavy (non-hydrogen) atoms. The van der Waals surface area contributed by atoms with Gasteiger partial charge in [-0.3, -0.25) is 10.1 Å². The molecule has 0 heterocycles. The normalized spacial score (nSPS) is 12.0. The van der Waals surface area contributed by atoms with Crippen molar-refractivity contribution >= 4 is 11.4 Å². The molecule has 110 valence electrons. The lowest BCUT2D eigenvalue weighted by molar-refractivity contribution is -0.385. The molecule has 0 aliphatic heterocycles. The highest BCUT2D eigenvalue weighted by Crippen LogP contribution is 2.27. The fourth-order valence-corrected chi connectivity index (χ4v) is 2.38. The molecule has 2 aromatic carbocycles. The number of rotatable bonds is 5. The quantitative estimate of drug-likeness (QED) is 0.643. The molecule has 0 aromatic heterocycles. The Bertz CT molecular complexity index is 653. The van der Waals surface area contributed by atoms with Crippen LogP contribution in [0.4, 0.5) is 11.4 Å². The summed E-state index contributed by atoms with van der Waals surface area (Å²) >= 11 is 0. The molecule has 4 nitrogen and oxygen atoms in total. The van der Waals surface area contributed by atoms with Crippen LogP contribution in [-0.2, 0) is 6.42 Å². The van der Waals surface area contributed by atoms with Gasteiger partial charge in [0, 0.05) is 23.4 Å². The lowest BCUT2D eigenvalue weighted by Crippen LogP contribution is -2.09. The molecule has 0 saturated carbocycles. The summed E-state index contributed by atoms with van der Waals surface area (Å²) in [6, 6.07) is 13.5. The van der Waals surface area contributed by atoms with Crippen molar-refractivity contribution in [2.45, 2.75) is 33.2 Å². The lowest BCUT2D eigenvalue weighted by Gasteiger charge is -2.18. The van der Waals surface area contributed by atoms with Crippen molar-refractivity contribution in [1.82, 2.24) is 0 Å². The van der Waals surface area contributed by atoms with Crippen LogP contribution in [0.1, 0.15) is 36.6 Å². The minimum atomic E-state index is -0.328. The maximum absolute atomic E-state index is 11.0. The molecule has 0 saturated heterocycles. The molecule has 0 aliphatic carbocycles. The first-order valence-electron chi connectivity index (χ1n) is 7.12. The van der Waals surface area contributed by atoms with Gasteiger partial charge in [0.15, 0.2) is 0 Å². The van der Waals surface area contributed by atoms with E-state index < -0.39 is 0 Å². The summed E-state index contributed by atoms with van der Waals surface area (Å²) in [5.41, 5.74) is 4.09. The van der Waals surface area contributed by atoms with Crippen LogP contribution in [-0.4, -0.2) is 4.92 Å². The van der Waals surface area contributed by atoms with E-state index in [0.29, 0.717) is 5.56 Å². The Morgan fingerprint density at radius 2 is 1.95 bits per heavy atom. The van der Waals surface area contributed by atoms with Crippen LogP contribution in [0.5, 0.6) is 0 Å². The smallest absolute Gasteiger partial charge is 0.272 e. The average Bonchev–Trinajstić information content (AvgIpc) is 2.47. The van der Waals surface area contributed by atoms with Gasteiger partial charge in [0.05, 0.1) is 4.92 Å². The number of hydrogen-bond acceptors (Lipinski definition) is 3. The fourth-order valence-electron chi connectivity index (χ4n) is 2.38. The summed E-state index contributed by atoms with van der Waals surface area (Å²) in [4.78, 5) is 10.7. The molecule has 0 fully saturated rings. The number of nitrogens with one attached hydrogen (secondary N) is 1. The van der Waals surface area contributed by atoms with Gasteiger partial charge in [0.1, 0.15) is 0 Å². The van der Waals surface area contributed by atoms with E-state index in [9.17, 15) is 10.1 Å². The summed E-state index contributed by atoms with van der Waals surface area (Å²) in [7, 11) is 0. The van der Waals surface area contributed by atoms with Crippen molar-refractivity contribution in [1.29, 1.82) is 0 Å². The first kappa shape index (κ1) is 15.0. The molecular formula is C17H20N2O2. The number of benzene rings is 2. The molecule has 2 rings (SSSR count). The SMILES string of the molecule is CCc1ccccc1NC(C)c1ccc(C)c([N+](=O)[O-])c1. The summed E-state index contributed by atoms with van der Waals surface area (Å²) in [6.07, 6.45) is 0.948. The molecule has 1 N–H and O–H groups in total. The molecule has 0 spiro atoms. The molecule has 1 atom stereocenters. The third kappa shape index (κ3) is 3.40. The average molecular weight is 284 g/mol. The van der Waals surface area contributed by atoms with Gasteiger partial charge in [-0.15, -0.1) is 0 Å². The number of para-hydroxylation sites is 1. The highest BCUT2D eigenvalue weighted by atomic mass is 16.6. The summed E-state index contributed by atoms with van der Waals surface area (Å²) < 4.78 is 0. The van der Waals surface area contributed by atoms with Gasteiger partial charge in [-0.25, -0.2) is 0 Å². The Balaban J connectivity index is 2.26. The van der Waals surface area contributed by atoms with Crippen LogP contribution in [0, 0.1) is 17.0 Å². The minimum Gasteiger partial charge on any atom is -0.378 e. The summed E-state index contributed by atoms with van der Waals surface area (Å²) in [5.74, 6) is 0. The van der Waals surface area contributed by atoms with Crippen LogP contribution in [0.3, 0.4) is 0 Å². The Hall–Kier alpha value is -2.36. The first-order valence-corrected chi connectivity index (χ1v) is 7.12. The van der Waals surface area contributed by atoms with Crippen LogP contribution in [0.15, 0.2) is 42.5 Å². The molecule has 4 heteroatoms. The molecule has 0 amide bonds. The van der Waals surface area contributed by atoms with E-state index in [1.807, 2.05) is 31.2 Å². The van der Waals surface area contributed by atoms with E-state index in [1.54, 1.807) is 19.1 Å². The highest BCUT2D eigenvalue weighted by Gasteiger charge is 2.14. The molecule has 1 unspecified atom stereocenters. The number of aryl methyl sites for hydroxylation is 2. The van der Waals surface area contributed by atoms with Gasteiger partial charge in [-0.05, 0) is 37.5 Å². The number of nitro groups is 1. The lowest BCUT2D eigenvalue weighted by atomic mass is 10.0. The molecule has 0 aliphatic rings. The summed E-state index contributed by atoms with van der Waals surface area (Å²) in [5, 5.41) is 14.5. The van der Waals surface area contributed by atoms with Crippen molar-refractivity contribution in [3.05, 3.63) is 69.3 Å². The van der Waals surface area contributed by atoms with Gasteiger partial charge in [-0.1, -0.05) is 37.3 Å². The summed E-state index contributed by atoms with van der Waals surface area (Å²) in [6.45, 7) is 5.88. The second kappa shape index (κ2) is 6.39. The zero-order valence-electron chi connectivity index (χ0n) is 12.6. The van der Waals surface area contributed by atoms with E-state index in [0.717, 1.165) is 17.7 Å². The van der Waals surface area contributed by atoms with E-state index >= 15 is 0 Å². The molecular weight excluding hydrogens is 264 g/mol. The third-order valence-electron chi connectivity index (χ3n) is 3.70. The Labute approximate surface area is 125 Å². The number of nitro benzene ring substituents is 1. The highest BCUT2D eigenvalue weighted by molar-refractivity contribution is 5.53. The molecule has 0 bridgehead atoms. The largest absolute Gasteiger partial charge is 0.378 e. The predicted octanol–water partition coefficient (Wildman–Crippen LogP) is 4.64. The van der Waals surface area contributed by atoms with Crippen molar-refractivity contribution in [3.63, 3.8) is 0 Å². The Morgan fingerprint density at radius 3 is 2.62 bits per heavy atom. The number of hydrogen-bond donors (Lipinski definition) is 1. The van der Waals surface area contributed by atoms with Crippen LogP contribution in [0.2, 0.25) is 0 Å². The van der Waals surface area contributed by atoms with E-state index in [-0.39, 0.29) is 16.7 Å². The van der Waals surface area contributed by atoms with Crippen molar-refractivity contribution in [2.75, 3.05) is 5.32 Å². The Kier molecular flexibility index (Phi) is 4.58. The van der Waals surface area contributed by atoms with Crippen LogP contribution >= 0.6 is 0 Å². The maximum atomic E-state index is 11.0. The van der Waals surface area contributed by atoms with E-state index in [4.69, 9.17) is 0 Å². The first-order chi connectivity index (χ1) is 10.0. The van der Waals surface area contributed by atoms with Crippen LogP contribution < -0.4 is 5.32 Å². The predicted molar refractivity (Wildman–Crippen MR) is 85.7 cm³/mol. The van der Waals surface area contributed by atoms with Gasteiger partial charge < -0.3 is 5.32 Å². The Morgan fingerprint density at radius 1 is 1.24 bits per heavy atom. The van der Waals surface area contributed by atoms with Crippen molar-refractivity contribution in [2.24, 2.45) is 0 Å². The van der Waals surface area contributed by atoms with Crippen molar-refractivity contribution in [3.8, 4) is 0 Å². The maximum Gasteiger partial charge on any atom is 0.272 e. The molecule has 0 radical (unpaired) electrons. The van der Waals surface area contributed by atoms with Gasteiger partial charge in [-0.2, -0.15) is 0 Å². The topological polar surface area (TPSA) is 55.2 Å². The van der Waals surface area contributed by atoms with Gasteiger partial charge in [0.2, 0.25) is 0 Å². The van der Waals surface area contributed by atoms with Crippen molar-refractivity contribution < 1.29 is 4.92 Å². The molecule has 2 aromatic rings. The fraction of sp³-hybridized carbons (Fsp3) is 0.294. The zero-order valence-corrected chi connectivity index (χ0v) is 12.6. The van der Waals surface area contributed by atoms with E-state index in [2.05, 4.69) is 18.3 Å². The number of nitrogens with zero attached hydrogens (tertiary/aromatic N) is 1. The second-order valence-corrected chi connectivity index (χ2v) is 5.18.